The minimum absolute atomic E-state index is 0.759. The second-order valence-electron chi connectivity index (χ2n) is 5.89. The van der Waals surface area contributed by atoms with Crippen LogP contribution in [0.5, 0.6) is 0 Å². The second-order valence-corrected chi connectivity index (χ2v) is 8.18. The molecule has 2 heterocycles. The number of hydrogen-bond donors (Lipinski definition) is 0. The Bertz CT molecular complexity index is 244. The molecule has 2 aliphatic rings. The summed E-state index contributed by atoms with van der Waals surface area (Å²) in [5.74, 6) is 3.50. The third-order valence-electron chi connectivity index (χ3n) is 4.32. The molecule has 0 bridgehead atoms. The van der Waals surface area contributed by atoms with Gasteiger partial charge in [0.25, 0.3) is 0 Å². The molecule has 0 aromatic heterocycles. The molecule has 1 fully saturated rings. The normalized spacial score (nSPS) is 34.8. The Balaban J connectivity index is 1.63. The topological polar surface area (TPSA) is 0 Å². The predicted octanol–water partition coefficient (Wildman–Crippen LogP) is 4.85. The summed E-state index contributed by atoms with van der Waals surface area (Å²) in [6.45, 7) is 4.74. The van der Waals surface area contributed by atoms with Gasteiger partial charge in [-0.05, 0) is 43.3 Å². The smallest absolute Gasteiger partial charge is 0.0000724 e. The molecule has 1 heteroatoms. The zero-order valence-corrected chi connectivity index (χ0v) is 11.9. The lowest BCUT2D eigenvalue weighted by Gasteiger charge is -2.12. The fraction of sp³-hybridized carbons (Fsp3) is 0.933. The van der Waals surface area contributed by atoms with Gasteiger partial charge in [0.15, 0.2) is 0 Å². The van der Waals surface area contributed by atoms with E-state index in [1.807, 2.05) is 0 Å². The molecule has 0 aromatic rings. The third-order valence-corrected chi connectivity index (χ3v) is 7.10. The number of fused-ring (bicyclic) bond motifs is 1. The van der Waals surface area contributed by atoms with Crippen LogP contribution in [0, 0.1) is 11.8 Å². The maximum atomic E-state index is 2.75. The van der Waals surface area contributed by atoms with Gasteiger partial charge in [-0.1, -0.05) is 44.9 Å². The van der Waals surface area contributed by atoms with Gasteiger partial charge < -0.3 is 0 Å². The molecule has 0 aliphatic carbocycles. The van der Waals surface area contributed by atoms with E-state index in [-0.39, 0.29) is 0 Å². The standard InChI is InChI=1S/C15H28S/c1-3-6-13(2)7-4-8-14-11-15-9-5-10-16(15)12-14/h12-15H,3-11H2,1-2H3. The molecule has 4 atom stereocenters. The first kappa shape index (κ1) is 12.7. The van der Waals surface area contributed by atoms with E-state index < -0.39 is 0 Å². The predicted molar refractivity (Wildman–Crippen MR) is 77.6 cm³/mol. The van der Waals surface area contributed by atoms with E-state index in [1.54, 1.807) is 12.8 Å². The van der Waals surface area contributed by atoms with Crippen molar-refractivity contribution < 1.29 is 0 Å². The molecule has 1 saturated heterocycles. The molecule has 0 spiro atoms. The van der Waals surface area contributed by atoms with Crippen molar-refractivity contribution in [2.24, 2.45) is 11.8 Å². The molecule has 0 nitrogen and oxygen atoms in total. The lowest BCUT2D eigenvalue weighted by Crippen LogP contribution is -2.03. The quantitative estimate of drug-likeness (QED) is 0.582. The molecular weight excluding hydrogens is 212 g/mol. The molecule has 0 saturated carbocycles. The Kier molecular flexibility index (Phi) is 4.94. The van der Waals surface area contributed by atoms with Crippen molar-refractivity contribution >= 4 is 15.9 Å². The van der Waals surface area contributed by atoms with Gasteiger partial charge >= 0.3 is 0 Å². The van der Waals surface area contributed by atoms with Gasteiger partial charge in [-0.25, -0.2) is 0 Å². The maximum Gasteiger partial charge on any atom is 0.0000724 e. The molecule has 0 N–H and O–H groups in total. The Labute approximate surface area is 104 Å². The molecule has 0 aromatic carbocycles. The van der Waals surface area contributed by atoms with Crippen LogP contribution in [-0.2, 0) is 0 Å². The van der Waals surface area contributed by atoms with Gasteiger partial charge in [0.05, 0.1) is 0 Å². The van der Waals surface area contributed by atoms with E-state index in [9.17, 15) is 0 Å². The Hall–Kier alpha value is 0.220. The van der Waals surface area contributed by atoms with Crippen LogP contribution in [-0.4, -0.2) is 16.4 Å². The highest BCUT2D eigenvalue weighted by atomic mass is 32.2. The summed E-state index contributed by atoms with van der Waals surface area (Å²) in [6, 6.07) is 0. The molecule has 94 valence electrons. The third kappa shape index (κ3) is 3.35. The summed E-state index contributed by atoms with van der Waals surface area (Å²) in [5, 5.41) is 3.88. The van der Waals surface area contributed by atoms with Crippen LogP contribution in [0.15, 0.2) is 0 Å². The van der Waals surface area contributed by atoms with Crippen LogP contribution < -0.4 is 0 Å². The maximum absolute atomic E-state index is 2.75. The van der Waals surface area contributed by atoms with Gasteiger partial charge in [0.1, 0.15) is 0 Å². The average molecular weight is 240 g/mol. The first-order valence-corrected chi connectivity index (χ1v) is 8.85. The molecule has 0 amide bonds. The summed E-state index contributed by atoms with van der Waals surface area (Å²) in [7, 11) is 0.759. The van der Waals surface area contributed by atoms with Gasteiger partial charge in [-0.2, -0.15) is 10.5 Å². The highest BCUT2D eigenvalue weighted by molar-refractivity contribution is 8.16. The summed E-state index contributed by atoms with van der Waals surface area (Å²) in [5.41, 5.74) is 0. The second kappa shape index (κ2) is 6.23. The summed E-state index contributed by atoms with van der Waals surface area (Å²) < 4.78 is 0. The van der Waals surface area contributed by atoms with Gasteiger partial charge in [-0.15, -0.1) is 0 Å². The van der Waals surface area contributed by atoms with E-state index in [2.05, 4.69) is 19.2 Å². The van der Waals surface area contributed by atoms with Crippen LogP contribution in [0.4, 0.5) is 0 Å². The SMILES string of the molecule is CCCC(C)CCCC1C=S2CCCC2C1. The van der Waals surface area contributed by atoms with E-state index in [0.29, 0.717) is 0 Å². The Morgan fingerprint density at radius 2 is 2.25 bits per heavy atom. The van der Waals surface area contributed by atoms with Crippen molar-refractivity contribution in [2.75, 3.05) is 5.75 Å². The van der Waals surface area contributed by atoms with Crippen molar-refractivity contribution in [3.05, 3.63) is 0 Å². The van der Waals surface area contributed by atoms with E-state index in [0.717, 1.165) is 27.6 Å². The van der Waals surface area contributed by atoms with Crippen LogP contribution in [0.2, 0.25) is 0 Å². The van der Waals surface area contributed by atoms with Crippen molar-refractivity contribution in [3.8, 4) is 0 Å². The fourth-order valence-corrected chi connectivity index (χ4v) is 6.31. The Morgan fingerprint density at radius 1 is 1.38 bits per heavy atom. The molecule has 16 heavy (non-hydrogen) atoms. The van der Waals surface area contributed by atoms with Crippen LogP contribution in [0.25, 0.3) is 0 Å². The average Bonchev–Trinajstić information content (AvgIpc) is 2.78. The summed E-state index contributed by atoms with van der Waals surface area (Å²) in [4.78, 5) is 0. The van der Waals surface area contributed by atoms with Gasteiger partial charge in [0, 0.05) is 5.25 Å². The van der Waals surface area contributed by atoms with Crippen LogP contribution >= 0.6 is 10.5 Å². The molecule has 0 radical (unpaired) electrons. The zero-order chi connectivity index (χ0) is 11.4. The first-order chi connectivity index (χ1) is 7.79. The fourth-order valence-electron chi connectivity index (χ4n) is 3.41. The van der Waals surface area contributed by atoms with E-state index in [1.165, 1.54) is 44.3 Å². The van der Waals surface area contributed by atoms with Crippen LogP contribution in [0.1, 0.15) is 65.2 Å². The zero-order valence-electron chi connectivity index (χ0n) is 11.1. The highest BCUT2D eigenvalue weighted by Crippen LogP contribution is 2.43. The highest BCUT2D eigenvalue weighted by Gasteiger charge is 2.28. The molecule has 2 rings (SSSR count). The first-order valence-electron chi connectivity index (χ1n) is 7.33. The van der Waals surface area contributed by atoms with Gasteiger partial charge in [0.2, 0.25) is 0 Å². The summed E-state index contributed by atoms with van der Waals surface area (Å²) in [6.07, 6.45) is 11.8. The largest absolute Gasteiger partial charge is 0.186 e. The monoisotopic (exact) mass is 240 g/mol. The minimum atomic E-state index is 0.759. The molecular formula is C15H28S. The van der Waals surface area contributed by atoms with Gasteiger partial charge in [-0.3, -0.25) is 0 Å². The van der Waals surface area contributed by atoms with E-state index in [4.69, 9.17) is 0 Å². The van der Waals surface area contributed by atoms with Crippen molar-refractivity contribution in [3.63, 3.8) is 0 Å². The minimum Gasteiger partial charge on any atom is -0.186 e. The lowest BCUT2D eigenvalue weighted by atomic mass is 9.93. The molecule has 4 unspecified atom stereocenters. The van der Waals surface area contributed by atoms with Crippen molar-refractivity contribution in [1.82, 2.24) is 0 Å². The summed E-state index contributed by atoms with van der Waals surface area (Å²) >= 11 is 0. The number of rotatable bonds is 6. The van der Waals surface area contributed by atoms with Crippen molar-refractivity contribution in [1.29, 1.82) is 0 Å². The van der Waals surface area contributed by atoms with Crippen LogP contribution in [0.3, 0.4) is 0 Å². The molecule has 2 aliphatic heterocycles. The van der Waals surface area contributed by atoms with E-state index >= 15 is 0 Å². The number of hydrogen-bond acceptors (Lipinski definition) is 0. The lowest BCUT2D eigenvalue weighted by molar-refractivity contribution is 0.437. The van der Waals surface area contributed by atoms with Crippen molar-refractivity contribution in [2.45, 2.75) is 70.5 Å². The Morgan fingerprint density at radius 3 is 3.00 bits per heavy atom.